The van der Waals surface area contributed by atoms with Crippen molar-refractivity contribution in [1.82, 2.24) is 39.5 Å². The van der Waals surface area contributed by atoms with Crippen molar-refractivity contribution in [2.45, 2.75) is 84.5 Å². The van der Waals surface area contributed by atoms with Gasteiger partial charge >= 0.3 is 6.09 Å². The maximum Gasteiger partial charge on any atom is 0.407 e. The van der Waals surface area contributed by atoms with Gasteiger partial charge in [0, 0.05) is 20.1 Å². The molecule has 4 aromatic rings. The number of carbonyl (C=O) groups is 3. The number of rotatable bonds is 12. The Hall–Kier alpha value is -4.97. The van der Waals surface area contributed by atoms with E-state index in [0.29, 0.717) is 12.4 Å². The average molecular weight is 709 g/mol. The monoisotopic (exact) mass is 708 g/mol. The van der Waals surface area contributed by atoms with E-state index in [1.807, 2.05) is 31.9 Å². The summed E-state index contributed by atoms with van der Waals surface area (Å²) < 4.78 is 0. The number of amides is 3. The lowest BCUT2D eigenvalue weighted by molar-refractivity contribution is -0.139. The van der Waals surface area contributed by atoms with Crippen LogP contribution in [0.2, 0.25) is 0 Å². The van der Waals surface area contributed by atoms with Gasteiger partial charge in [0.2, 0.25) is 11.8 Å². The number of likely N-dealkylation sites (N-methyl/N-ethyl adjacent to an activating group) is 2. The molecule has 2 aromatic carbocycles. The zero-order chi connectivity index (χ0) is 37.1. The van der Waals surface area contributed by atoms with Gasteiger partial charge < -0.3 is 24.9 Å². The van der Waals surface area contributed by atoms with Crippen LogP contribution in [0, 0.1) is 5.92 Å². The molecule has 6 rings (SSSR count). The summed E-state index contributed by atoms with van der Waals surface area (Å²) in [7, 11) is 1.46. The van der Waals surface area contributed by atoms with Crippen molar-refractivity contribution in [3.05, 3.63) is 72.6 Å². The van der Waals surface area contributed by atoms with Crippen molar-refractivity contribution in [2.24, 2.45) is 5.92 Å². The molecule has 2 aromatic heterocycles. The van der Waals surface area contributed by atoms with E-state index in [1.54, 1.807) is 11.1 Å². The first-order chi connectivity index (χ1) is 25.0. The summed E-state index contributed by atoms with van der Waals surface area (Å²) in [5.74, 6) is 1.38. The molecule has 2 fully saturated rings. The Morgan fingerprint density at radius 2 is 1.17 bits per heavy atom. The predicted molar refractivity (Wildman–Crippen MR) is 201 cm³/mol. The van der Waals surface area contributed by atoms with Gasteiger partial charge in [0.05, 0.1) is 41.9 Å². The highest BCUT2D eigenvalue weighted by molar-refractivity contribution is 5.86. The highest BCUT2D eigenvalue weighted by Gasteiger charge is 2.40. The third-order valence-corrected chi connectivity index (χ3v) is 10.9. The van der Waals surface area contributed by atoms with Gasteiger partial charge in [0.1, 0.15) is 17.7 Å². The number of nitrogens with zero attached hydrogens (tertiary/aromatic N) is 6. The van der Waals surface area contributed by atoms with Gasteiger partial charge in [-0.1, -0.05) is 76.2 Å². The molecule has 0 bridgehead atoms. The van der Waals surface area contributed by atoms with Gasteiger partial charge in [-0.05, 0) is 73.9 Å². The molecule has 12 heteroatoms. The highest BCUT2D eigenvalue weighted by atomic mass is 16.4. The third-order valence-electron chi connectivity index (χ3n) is 10.9. The van der Waals surface area contributed by atoms with Crippen LogP contribution in [0.1, 0.15) is 84.0 Å². The van der Waals surface area contributed by atoms with Crippen LogP contribution in [-0.4, -0.2) is 108 Å². The molecule has 3 N–H and O–H groups in total. The lowest BCUT2D eigenvalue weighted by Crippen LogP contribution is -2.51. The van der Waals surface area contributed by atoms with Gasteiger partial charge in [-0.3, -0.25) is 19.4 Å². The van der Waals surface area contributed by atoms with E-state index in [4.69, 9.17) is 4.98 Å². The summed E-state index contributed by atoms with van der Waals surface area (Å²) in [4.78, 5) is 62.1. The average Bonchev–Trinajstić information content (AvgIpc) is 3.98. The number of carbonyl (C=O) groups excluding carboxylic acids is 2. The first kappa shape index (κ1) is 36.8. The number of hydrogen-bond donors (Lipinski definition) is 3. The Morgan fingerprint density at radius 3 is 1.58 bits per heavy atom. The molecular weight excluding hydrogens is 656 g/mol. The highest BCUT2D eigenvalue weighted by Crippen LogP contribution is 2.35. The number of H-pyrrole nitrogens is 2. The van der Waals surface area contributed by atoms with Crippen molar-refractivity contribution in [3.8, 4) is 33.6 Å². The largest absolute Gasteiger partial charge is 0.465 e. The molecule has 0 radical (unpaired) electrons. The minimum Gasteiger partial charge on any atom is -0.465 e. The van der Waals surface area contributed by atoms with Gasteiger partial charge in [0.25, 0.3) is 0 Å². The van der Waals surface area contributed by atoms with E-state index < -0.39 is 12.1 Å². The Balaban J connectivity index is 1.11. The Bertz CT molecular complexity index is 1850. The van der Waals surface area contributed by atoms with Crippen molar-refractivity contribution < 1.29 is 19.5 Å². The number of aromatic nitrogens is 4. The fraction of sp³-hybridized carbons (Fsp3) is 0.475. The van der Waals surface area contributed by atoms with E-state index in [1.165, 1.54) is 7.05 Å². The smallest absolute Gasteiger partial charge is 0.407 e. The van der Waals surface area contributed by atoms with Crippen molar-refractivity contribution in [2.75, 3.05) is 33.2 Å². The maximum atomic E-state index is 13.6. The van der Waals surface area contributed by atoms with E-state index in [-0.39, 0.29) is 35.9 Å². The molecular formula is C40H52N8O4. The van der Waals surface area contributed by atoms with Gasteiger partial charge in [-0.25, -0.2) is 14.8 Å². The zero-order valence-corrected chi connectivity index (χ0v) is 31.2. The van der Waals surface area contributed by atoms with E-state index in [2.05, 4.69) is 82.2 Å². The summed E-state index contributed by atoms with van der Waals surface area (Å²) in [6.45, 7) is 13.0. The molecule has 52 heavy (non-hydrogen) atoms. The second kappa shape index (κ2) is 15.7. The van der Waals surface area contributed by atoms with Crippen molar-refractivity contribution in [3.63, 3.8) is 0 Å². The minimum atomic E-state index is -1.11. The van der Waals surface area contributed by atoms with Crippen LogP contribution < -0.4 is 0 Å². The fourth-order valence-electron chi connectivity index (χ4n) is 7.97. The van der Waals surface area contributed by atoms with E-state index >= 15 is 0 Å². The van der Waals surface area contributed by atoms with Gasteiger partial charge in [-0.2, -0.15) is 0 Å². The zero-order valence-electron chi connectivity index (χ0n) is 31.2. The Kier molecular flexibility index (Phi) is 11.1. The third kappa shape index (κ3) is 7.34. The number of hydrogen-bond acceptors (Lipinski definition) is 6. The number of nitrogens with one attached hydrogen (secondary N) is 2. The van der Waals surface area contributed by atoms with Crippen LogP contribution in [0.5, 0.6) is 0 Å². The van der Waals surface area contributed by atoms with Crippen LogP contribution in [0.25, 0.3) is 33.6 Å². The normalized spacial score (nSPS) is 18.7. The number of likely N-dealkylation sites (tertiary alicyclic amines) is 2. The lowest BCUT2D eigenvalue weighted by atomic mass is 10.0. The van der Waals surface area contributed by atoms with Gasteiger partial charge in [-0.15, -0.1) is 0 Å². The maximum absolute atomic E-state index is 13.6. The van der Waals surface area contributed by atoms with E-state index in [9.17, 15) is 19.5 Å². The number of aromatic amines is 2. The summed E-state index contributed by atoms with van der Waals surface area (Å²) in [6.07, 6.45) is 6.03. The van der Waals surface area contributed by atoms with Crippen molar-refractivity contribution in [1.29, 1.82) is 0 Å². The molecule has 0 aliphatic carbocycles. The number of carboxylic acid groups (broad SMARTS) is 1. The first-order valence-electron chi connectivity index (χ1n) is 18.6. The molecule has 4 heterocycles. The number of benzene rings is 2. The molecule has 12 nitrogen and oxygen atoms in total. The second-order valence-corrected chi connectivity index (χ2v) is 14.4. The summed E-state index contributed by atoms with van der Waals surface area (Å²) in [6, 6.07) is 15.5. The summed E-state index contributed by atoms with van der Waals surface area (Å²) in [5, 5.41) is 9.57. The fourth-order valence-corrected chi connectivity index (χ4v) is 7.97. The molecule has 4 atom stereocenters. The molecule has 2 aliphatic rings. The SMILES string of the molecule is CCN(CC)[C@@H](C)C(=O)N1CCC[C@H]1c1ncc(-c2ccc(-c3ccc(-c4cnc([C@@H]5CCCN5C(=O)[C@H](C(C)C)N(C)C(=O)O)[nH]4)cc3)cc2)[nH]1. The van der Waals surface area contributed by atoms with Crippen LogP contribution in [0.4, 0.5) is 4.79 Å². The Labute approximate surface area is 306 Å². The summed E-state index contributed by atoms with van der Waals surface area (Å²) >= 11 is 0. The predicted octanol–water partition coefficient (Wildman–Crippen LogP) is 6.83. The molecule has 2 saturated heterocycles. The second-order valence-electron chi connectivity index (χ2n) is 14.4. The van der Waals surface area contributed by atoms with Crippen molar-refractivity contribution >= 4 is 17.9 Å². The minimum absolute atomic E-state index is 0.0364. The van der Waals surface area contributed by atoms with Gasteiger partial charge in [0.15, 0.2) is 0 Å². The topological polar surface area (TPSA) is 142 Å². The van der Waals surface area contributed by atoms with Crippen LogP contribution in [-0.2, 0) is 9.59 Å². The van der Waals surface area contributed by atoms with Crippen LogP contribution in [0.3, 0.4) is 0 Å². The molecule has 2 aliphatic heterocycles. The molecule has 0 saturated carbocycles. The molecule has 0 unspecified atom stereocenters. The van der Waals surface area contributed by atoms with Crippen LogP contribution >= 0.6 is 0 Å². The number of imidazole rings is 2. The Morgan fingerprint density at radius 1 is 0.750 bits per heavy atom. The van der Waals surface area contributed by atoms with Crippen LogP contribution in [0.15, 0.2) is 60.9 Å². The quantitative estimate of drug-likeness (QED) is 0.147. The lowest BCUT2D eigenvalue weighted by Gasteiger charge is -2.33. The van der Waals surface area contributed by atoms with E-state index in [0.717, 1.165) is 89.7 Å². The molecule has 3 amide bonds. The first-order valence-corrected chi connectivity index (χ1v) is 18.6. The standard InChI is InChI=1S/C40H52N8O4/c1-7-46(8-2)26(5)38(49)47-21-9-11-33(47)36-41-23-31(43-36)29-17-13-27(14-18-29)28-15-19-30(20-16-28)32-24-42-37(44-32)34-12-10-22-48(34)39(50)35(25(3)4)45(6)40(51)52/h13-20,23-26,33-35H,7-12,21-22H2,1-6H3,(H,41,43)(H,42,44)(H,51,52)/t26-,33-,34-,35-/m0/s1. The molecule has 0 spiro atoms. The summed E-state index contributed by atoms with van der Waals surface area (Å²) in [5.41, 5.74) is 5.97. The molecule has 276 valence electrons.